The Labute approximate surface area is 107 Å². The van der Waals surface area contributed by atoms with E-state index in [1.807, 2.05) is 26.0 Å². The first-order chi connectivity index (χ1) is 8.10. The van der Waals surface area contributed by atoms with Gasteiger partial charge in [-0.25, -0.2) is 0 Å². The van der Waals surface area contributed by atoms with Gasteiger partial charge in [0, 0.05) is 6.54 Å². The first kappa shape index (κ1) is 14.0. The smallest absolute Gasteiger partial charge is 0.228 e. The number of anilines is 1. The van der Waals surface area contributed by atoms with Crippen LogP contribution in [0, 0.1) is 12.8 Å². The lowest BCUT2D eigenvalue weighted by Gasteiger charge is -2.16. The van der Waals surface area contributed by atoms with E-state index in [4.69, 9.17) is 17.3 Å². The minimum atomic E-state index is -0.143. The summed E-state index contributed by atoms with van der Waals surface area (Å²) in [5, 5.41) is 3.42. The zero-order valence-corrected chi connectivity index (χ0v) is 11.1. The van der Waals surface area contributed by atoms with Gasteiger partial charge in [-0.2, -0.15) is 0 Å². The first-order valence-electron chi connectivity index (χ1n) is 5.86. The minimum Gasteiger partial charge on any atom is -0.330 e. The number of nitrogens with two attached hydrogens (primary N) is 1. The van der Waals surface area contributed by atoms with Crippen LogP contribution in [0.15, 0.2) is 18.2 Å². The maximum atomic E-state index is 12.0. The van der Waals surface area contributed by atoms with Crippen LogP contribution in [-0.2, 0) is 4.79 Å². The van der Waals surface area contributed by atoms with E-state index >= 15 is 0 Å². The predicted molar refractivity (Wildman–Crippen MR) is 72.3 cm³/mol. The number of rotatable bonds is 5. The molecular weight excluding hydrogens is 236 g/mol. The molecule has 1 atom stereocenters. The topological polar surface area (TPSA) is 55.1 Å². The molecule has 0 bridgehead atoms. The van der Waals surface area contributed by atoms with Crippen LogP contribution < -0.4 is 11.1 Å². The molecule has 0 saturated carbocycles. The summed E-state index contributed by atoms with van der Waals surface area (Å²) in [4.78, 5) is 12.0. The normalized spacial score (nSPS) is 12.2. The molecule has 0 aliphatic heterocycles. The third-order valence-corrected chi connectivity index (χ3v) is 3.08. The molecule has 0 saturated heterocycles. The van der Waals surface area contributed by atoms with Crippen molar-refractivity contribution in [1.82, 2.24) is 0 Å². The van der Waals surface area contributed by atoms with Gasteiger partial charge in [0.15, 0.2) is 0 Å². The summed E-state index contributed by atoms with van der Waals surface area (Å²) in [6.45, 7) is 4.32. The van der Waals surface area contributed by atoms with Gasteiger partial charge in [-0.3, -0.25) is 4.79 Å². The summed E-state index contributed by atoms with van der Waals surface area (Å²) >= 11 is 6.05. The Hall–Kier alpha value is -1.06. The van der Waals surface area contributed by atoms with Gasteiger partial charge in [-0.15, -0.1) is 0 Å². The van der Waals surface area contributed by atoms with Crippen molar-refractivity contribution < 1.29 is 4.79 Å². The van der Waals surface area contributed by atoms with Gasteiger partial charge in [0.1, 0.15) is 0 Å². The van der Waals surface area contributed by atoms with Crippen LogP contribution in [0.5, 0.6) is 0 Å². The van der Waals surface area contributed by atoms with Gasteiger partial charge >= 0.3 is 0 Å². The van der Waals surface area contributed by atoms with Crippen LogP contribution in [0.25, 0.3) is 0 Å². The van der Waals surface area contributed by atoms with Crippen LogP contribution >= 0.6 is 11.6 Å². The van der Waals surface area contributed by atoms with Gasteiger partial charge < -0.3 is 11.1 Å². The number of aryl methyl sites for hydroxylation is 1. The highest BCUT2D eigenvalue weighted by Crippen LogP contribution is 2.25. The molecule has 17 heavy (non-hydrogen) atoms. The molecule has 1 aromatic carbocycles. The molecule has 3 N–H and O–H groups in total. The number of halogens is 1. The van der Waals surface area contributed by atoms with Crippen LogP contribution in [0.2, 0.25) is 5.02 Å². The van der Waals surface area contributed by atoms with E-state index in [1.54, 1.807) is 6.07 Å². The summed E-state index contributed by atoms with van der Waals surface area (Å²) in [6, 6.07) is 5.54. The zero-order valence-electron chi connectivity index (χ0n) is 10.3. The van der Waals surface area contributed by atoms with E-state index in [-0.39, 0.29) is 11.8 Å². The molecule has 1 aromatic rings. The second-order valence-corrected chi connectivity index (χ2v) is 4.55. The van der Waals surface area contributed by atoms with Crippen LogP contribution in [-0.4, -0.2) is 12.5 Å². The Bertz CT molecular complexity index is 373. The van der Waals surface area contributed by atoms with Gasteiger partial charge in [0.25, 0.3) is 0 Å². The molecule has 0 radical (unpaired) electrons. The van der Waals surface area contributed by atoms with E-state index in [2.05, 4.69) is 5.32 Å². The fourth-order valence-corrected chi connectivity index (χ4v) is 1.99. The van der Waals surface area contributed by atoms with Crippen molar-refractivity contribution in [3.8, 4) is 0 Å². The number of amides is 1. The van der Waals surface area contributed by atoms with Crippen molar-refractivity contribution in [3.63, 3.8) is 0 Å². The van der Waals surface area contributed by atoms with Crippen molar-refractivity contribution in [2.75, 3.05) is 11.9 Å². The van der Waals surface area contributed by atoms with Gasteiger partial charge in [-0.05, 0) is 25.0 Å². The Morgan fingerprint density at radius 2 is 2.24 bits per heavy atom. The van der Waals surface area contributed by atoms with Crippen molar-refractivity contribution in [2.24, 2.45) is 11.7 Å². The molecule has 4 heteroatoms. The van der Waals surface area contributed by atoms with E-state index in [1.165, 1.54) is 0 Å². The largest absolute Gasteiger partial charge is 0.330 e. The van der Waals surface area contributed by atoms with Crippen molar-refractivity contribution in [3.05, 3.63) is 28.8 Å². The number of carbonyl (C=O) groups is 1. The monoisotopic (exact) mass is 254 g/mol. The third kappa shape index (κ3) is 3.72. The Balaban J connectivity index is 2.80. The maximum Gasteiger partial charge on any atom is 0.228 e. The average molecular weight is 255 g/mol. The first-order valence-corrected chi connectivity index (χ1v) is 6.24. The SMILES string of the molecule is CCCC(CN)C(=O)Nc1c(C)cccc1Cl. The van der Waals surface area contributed by atoms with E-state index in [0.29, 0.717) is 17.3 Å². The second-order valence-electron chi connectivity index (χ2n) is 4.14. The lowest BCUT2D eigenvalue weighted by molar-refractivity contribution is -0.119. The second kappa shape index (κ2) is 6.62. The molecule has 3 nitrogen and oxygen atoms in total. The van der Waals surface area contributed by atoms with E-state index < -0.39 is 0 Å². The van der Waals surface area contributed by atoms with Crippen LogP contribution in [0.4, 0.5) is 5.69 Å². The molecule has 0 aromatic heterocycles. The van der Waals surface area contributed by atoms with Gasteiger partial charge in [-0.1, -0.05) is 37.1 Å². The molecule has 1 rings (SSSR count). The fourth-order valence-electron chi connectivity index (χ4n) is 1.72. The van der Waals surface area contributed by atoms with Gasteiger partial charge in [0.05, 0.1) is 16.6 Å². The summed E-state index contributed by atoms with van der Waals surface area (Å²) < 4.78 is 0. The zero-order chi connectivity index (χ0) is 12.8. The average Bonchev–Trinajstić information content (AvgIpc) is 2.30. The Kier molecular flexibility index (Phi) is 5.45. The molecule has 0 spiro atoms. The molecule has 0 heterocycles. The maximum absolute atomic E-state index is 12.0. The molecule has 1 unspecified atom stereocenters. The molecule has 94 valence electrons. The third-order valence-electron chi connectivity index (χ3n) is 2.76. The van der Waals surface area contributed by atoms with E-state index in [0.717, 1.165) is 18.4 Å². The number of benzene rings is 1. The molecule has 0 aliphatic carbocycles. The van der Waals surface area contributed by atoms with Crippen LogP contribution in [0.3, 0.4) is 0 Å². The van der Waals surface area contributed by atoms with Crippen molar-refractivity contribution in [2.45, 2.75) is 26.7 Å². The number of para-hydroxylation sites is 1. The van der Waals surface area contributed by atoms with Crippen LogP contribution in [0.1, 0.15) is 25.3 Å². The number of hydrogen-bond donors (Lipinski definition) is 2. The van der Waals surface area contributed by atoms with E-state index in [9.17, 15) is 4.79 Å². The number of hydrogen-bond acceptors (Lipinski definition) is 2. The van der Waals surface area contributed by atoms with Crippen molar-refractivity contribution in [1.29, 1.82) is 0 Å². The highest BCUT2D eigenvalue weighted by molar-refractivity contribution is 6.33. The number of carbonyl (C=O) groups excluding carboxylic acids is 1. The fraction of sp³-hybridized carbons (Fsp3) is 0.462. The molecule has 0 fully saturated rings. The Morgan fingerprint density at radius 1 is 1.53 bits per heavy atom. The predicted octanol–water partition coefficient (Wildman–Crippen LogP) is 2.96. The van der Waals surface area contributed by atoms with Crippen molar-refractivity contribution >= 4 is 23.2 Å². The lowest BCUT2D eigenvalue weighted by atomic mass is 10.0. The minimum absolute atomic E-state index is 0.0504. The molecule has 1 amide bonds. The molecular formula is C13H19ClN2O. The summed E-state index contributed by atoms with van der Waals surface area (Å²) in [5.74, 6) is -0.193. The highest BCUT2D eigenvalue weighted by Gasteiger charge is 2.17. The van der Waals surface area contributed by atoms with Gasteiger partial charge in [0.2, 0.25) is 5.91 Å². The molecule has 0 aliphatic rings. The highest BCUT2D eigenvalue weighted by atomic mass is 35.5. The summed E-state index contributed by atoms with van der Waals surface area (Å²) in [5.41, 5.74) is 7.24. The quantitative estimate of drug-likeness (QED) is 0.849. The Morgan fingerprint density at radius 3 is 2.76 bits per heavy atom. The standard InChI is InChI=1S/C13H19ClN2O/c1-3-5-10(8-15)13(17)16-12-9(2)6-4-7-11(12)14/h4,6-7,10H,3,5,8,15H2,1-2H3,(H,16,17). The number of nitrogens with one attached hydrogen (secondary N) is 1. The summed E-state index contributed by atoms with van der Waals surface area (Å²) in [7, 11) is 0. The lowest BCUT2D eigenvalue weighted by Crippen LogP contribution is -2.29. The summed E-state index contributed by atoms with van der Waals surface area (Å²) in [6.07, 6.45) is 1.74.